The highest BCUT2D eigenvalue weighted by molar-refractivity contribution is 6.31. The lowest BCUT2D eigenvalue weighted by molar-refractivity contribution is -0.122. The van der Waals surface area contributed by atoms with Gasteiger partial charge in [-0.3, -0.25) is 9.59 Å². The number of benzene rings is 1. The maximum atomic E-state index is 12.0. The minimum atomic E-state index is -0.245. The van der Waals surface area contributed by atoms with Gasteiger partial charge in [-0.1, -0.05) is 11.6 Å². The number of hydrogen-bond donors (Lipinski definition) is 3. The Labute approximate surface area is 110 Å². The Morgan fingerprint density at radius 1 is 1.50 bits per heavy atom. The fourth-order valence-corrected chi connectivity index (χ4v) is 2.04. The summed E-state index contributed by atoms with van der Waals surface area (Å²) in [7, 11) is 0. The summed E-state index contributed by atoms with van der Waals surface area (Å²) in [6.45, 7) is 0.456. The molecule has 1 aromatic rings. The van der Waals surface area contributed by atoms with Crippen molar-refractivity contribution in [2.24, 2.45) is 0 Å². The maximum absolute atomic E-state index is 12.0. The van der Waals surface area contributed by atoms with Crippen molar-refractivity contribution in [1.82, 2.24) is 10.6 Å². The number of piperidine rings is 1. The third kappa shape index (κ3) is 2.92. The topological polar surface area (TPSA) is 84.2 Å². The van der Waals surface area contributed by atoms with Crippen LogP contribution < -0.4 is 16.4 Å². The van der Waals surface area contributed by atoms with E-state index in [0.29, 0.717) is 35.7 Å². The molecule has 0 aliphatic carbocycles. The SMILES string of the molecule is Nc1cc(Cl)ccc1C(=O)NC1CCC(=O)NC1. The van der Waals surface area contributed by atoms with Crippen LogP contribution in [0.4, 0.5) is 5.69 Å². The Morgan fingerprint density at radius 3 is 2.89 bits per heavy atom. The molecule has 18 heavy (non-hydrogen) atoms. The van der Waals surface area contributed by atoms with Crippen LogP contribution in [0.1, 0.15) is 23.2 Å². The Hall–Kier alpha value is -1.75. The van der Waals surface area contributed by atoms with Gasteiger partial charge in [0.1, 0.15) is 0 Å². The minimum Gasteiger partial charge on any atom is -0.398 e. The molecule has 1 unspecified atom stereocenters. The van der Waals surface area contributed by atoms with E-state index in [2.05, 4.69) is 10.6 Å². The molecule has 1 aliphatic rings. The Kier molecular flexibility index (Phi) is 3.72. The second-order valence-corrected chi connectivity index (χ2v) is 4.68. The van der Waals surface area contributed by atoms with Gasteiger partial charge >= 0.3 is 0 Å². The molecule has 96 valence electrons. The fraction of sp³-hybridized carbons (Fsp3) is 0.333. The van der Waals surface area contributed by atoms with Crippen LogP contribution in [0.3, 0.4) is 0 Å². The van der Waals surface area contributed by atoms with Crippen LogP contribution in [0.25, 0.3) is 0 Å². The molecule has 1 heterocycles. The summed E-state index contributed by atoms with van der Waals surface area (Å²) < 4.78 is 0. The Bertz CT molecular complexity index is 480. The molecule has 0 aromatic heterocycles. The molecule has 0 spiro atoms. The van der Waals surface area contributed by atoms with E-state index in [1.54, 1.807) is 18.2 Å². The van der Waals surface area contributed by atoms with Gasteiger partial charge in [-0.2, -0.15) is 0 Å². The zero-order valence-electron chi connectivity index (χ0n) is 9.70. The number of hydrogen-bond acceptors (Lipinski definition) is 3. The standard InChI is InChI=1S/C12H14ClN3O2/c13-7-1-3-9(10(14)5-7)12(18)16-8-2-4-11(17)15-6-8/h1,3,5,8H,2,4,6,14H2,(H,15,17)(H,16,18). The van der Waals surface area contributed by atoms with E-state index in [-0.39, 0.29) is 17.9 Å². The van der Waals surface area contributed by atoms with Crippen molar-refractivity contribution in [3.63, 3.8) is 0 Å². The summed E-state index contributed by atoms with van der Waals surface area (Å²) >= 11 is 5.77. The summed E-state index contributed by atoms with van der Waals surface area (Å²) in [6, 6.07) is 4.70. The van der Waals surface area contributed by atoms with E-state index in [0.717, 1.165) is 0 Å². The number of anilines is 1. The molecule has 5 nitrogen and oxygen atoms in total. The number of nitrogen functional groups attached to an aromatic ring is 1. The zero-order valence-corrected chi connectivity index (χ0v) is 10.5. The van der Waals surface area contributed by atoms with Gasteiger partial charge in [0.05, 0.1) is 5.56 Å². The van der Waals surface area contributed by atoms with Crippen LogP contribution in [0.15, 0.2) is 18.2 Å². The lowest BCUT2D eigenvalue weighted by Crippen LogP contribution is -2.47. The number of carbonyl (C=O) groups excluding carboxylic acids is 2. The van der Waals surface area contributed by atoms with Crippen LogP contribution in [0.5, 0.6) is 0 Å². The van der Waals surface area contributed by atoms with Crippen LogP contribution >= 0.6 is 11.6 Å². The monoisotopic (exact) mass is 267 g/mol. The molecule has 1 aliphatic heterocycles. The van der Waals surface area contributed by atoms with Crippen molar-refractivity contribution in [3.8, 4) is 0 Å². The number of amides is 2. The zero-order chi connectivity index (χ0) is 13.1. The lowest BCUT2D eigenvalue weighted by Gasteiger charge is -2.23. The van der Waals surface area contributed by atoms with Gasteiger partial charge < -0.3 is 16.4 Å². The molecule has 0 saturated carbocycles. The summed E-state index contributed by atoms with van der Waals surface area (Å²) in [5, 5.41) is 6.04. The third-order valence-corrected chi connectivity index (χ3v) is 3.09. The van der Waals surface area contributed by atoms with Crippen LogP contribution in [-0.4, -0.2) is 24.4 Å². The predicted molar refractivity (Wildman–Crippen MR) is 69.4 cm³/mol. The van der Waals surface area contributed by atoms with Crippen molar-refractivity contribution in [2.75, 3.05) is 12.3 Å². The van der Waals surface area contributed by atoms with Gasteiger partial charge in [-0.05, 0) is 24.6 Å². The van der Waals surface area contributed by atoms with Crippen LogP contribution in [0, 0.1) is 0 Å². The first-order valence-electron chi connectivity index (χ1n) is 5.69. The largest absolute Gasteiger partial charge is 0.398 e. The van der Waals surface area contributed by atoms with Gasteiger partial charge in [0, 0.05) is 29.7 Å². The molecule has 4 N–H and O–H groups in total. The van der Waals surface area contributed by atoms with Crippen molar-refractivity contribution < 1.29 is 9.59 Å². The molecule has 1 atom stereocenters. The lowest BCUT2D eigenvalue weighted by atomic mass is 10.1. The number of carbonyl (C=O) groups is 2. The first-order chi connectivity index (χ1) is 8.56. The number of nitrogens with two attached hydrogens (primary N) is 1. The Balaban J connectivity index is 2.01. The van der Waals surface area contributed by atoms with Gasteiger partial charge in [-0.15, -0.1) is 0 Å². The van der Waals surface area contributed by atoms with Crippen LogP contribution in [-0.2, 0) is 4.79 Å². The molecule has 1 saturated heterocycles. The molecule has 0 bridgehead atoms. The van der Waals surface area contributed by atoms with E-state index in [1.165, 1.54) is 0 Å². The molecular formula is C12H14ClN3O2. The van der Waals surface area contributed by atoms with Crippen molar-refractivity contribution in [1.29, 1.82) is 0 Å². The third-order valence-electron chi connectivity index (χ3n) is 2.86. The molecule has 2 amide bonds. The van der Waals surface area contributed by atoms with Crippen molar-refractivity contribution in [2.45, 2.75) is 18.9 Å². The summed E-state index contributed by atoms with van der Waals surface area (Å²) in [4.78, 5) is 23.0. The summed E-state index contributed by atoms with van der Waals surface area (Å²) in [6.07, 6.45) is 1.08. The van der Waals surface area contributed by atoms with Gasteiger partial charge in [-0.25, -0.2) is 0 Å². The number of nitrogens with one attached hydrogen (secondary N) is 2. The quantitative estimate of drug-likeness (QED) is 0.697. The molecule has 1 aromatic carbocycles. The summed E-state index contributed by atoms with van der Waals surface area (Å²) in [5.74, 6) is -0.225. The highest BCUT2D eigenvalue weighted by Crippen LogP contribution is 2.18. The van der Waals surface area contributed by atoms with Crippen molar-refractivity contribution in [3.05, 3.63) is 28.8 Å². The number of rotatable bonds is 2. The highest BCUT2D eigenvalue weighted by Gasteiger charge is 2.20. The molecule has 6 heteroatoms. The fourth-order valence-electron chi connectivity index (χ4n) is 1.86. The molecule has 1 fully saturated rings. The first kappa shape index (κ1) is 12.7. The smallest absolute Gasteiger partial charge is 0.253 e. The number of halogens is 1. The second-order valence-electron chi connectivity index (χ2n) is 4.24. The average Bonchev–Trinajstić information content (AvgIpc) is 2.32. The van der Waals surface area contributed by atoms with Gasteiger partial charge in [0.2, 0.25) is 5.91 Å². The van der Waals surface area contributed by atoms with E-state index in [1.807, 2.05) is 0 Å². The molecular weight excluding hydrogens is 254 g/mol. The van der Waals surface area contributed by atoms with Crippen LogP contribution in [0.2, 0.25) is 5.02 Å². The predicted octanol–water partition coefficient (Wildman–Crippen LogP) is 0.931. The first-order valence-corrected chi connectivity index (χ1v) is 6.06. The second kappa shape index (κ2) is 5.27. The summed E-state index contributed by atoms with van der Waals surface area (Å²) in [5.41, 5.74) is 6.48. The molecule has 0 radical (unpaired) electrons. The average molecular weight is 268 g/mol. The minimum absolute atomic E-state index is 0.0199. The normalized spacial score (nSPS) is 19.2. The van der Waals surface area contributed by atoms with Gasteiger partial charge in [0.25, 0.3) is 5.91 Å². The van der Waals surface area contributed by atoms with E-state index >= 15 is 0 Å². The van der Waals surface area contributed by atoms with E-state index in [4.69, 9.17) is 17.3 Å². The highest BCUT2D eigenvalue weighted by atomic mass is 35.5. The van der Waals surface area contributed by atoms with E-state index in [9.17, 15) is 9.59 Å². The maximum Gasteiger partial charge on any atom is 0.253 e. The molecule has 2 rings (SSSR count). The van der Waals surface area contributed by atoms with E-state index < -0.39 is 0 Å². The Morgan fingerprint density at radius 2 is 2.28 bits per heavy atom. The van der Waals surface area contributed by atoms with Crippen molar-refractivity contribution >= 4 is 29.1 Å². The van der Waals surface area contributed by atoms with Gasteiger partial charge in [0.15, 0.2) is 0 Å².